The summed E-state index contributed by atoms with van der Waals surface area (Å²) in [4.78, 5) is 41.2. The predicted molar refractivity (Wildman–Crippen MR) is 146 cm³/mol. The van der Waals surface area contributed by atoms with E-state index in [9.17, 15) is 14.7 Å². The molecular formula is C29H31ClFN5O4. The van der Waals surface area contributed by atoms with Gasteiger partial charge < -0.3 is 20.1 Å². The second-order valence-corrected chi connectivity index (χ2v) is 10.7. The lowest BCUT2D eigenvalue weighted by molar-refractivity contribution is -0.126. The van der Waals surface area contributed by atoms with Gasteiger partial charge in [0.05, 0.1) is 35.6 Å². The van der Waals surface area contributed by atoms with Crippen molar-refractivity contribution >= 4 is 23.4 Å². The number of aryl methyl sites for hydroxylation is 1. The quantitative estimate of drug-likeness (QED) is 0.425. The molecule has 2 N–H and O–H groups in total. The molecule has 0 unspecified atom stereocenters. The van der Waals surface area contributed by atoms with Crippen molar-refractivity contribution in [3.63, 3.8) is 0 Å². The van der Waals surface area contributed by atoms with Crippen molar-refractivity contribution in [3.05, 3.63) is 75.7 Å². The standard InChI is InChI=1S/C29H31ClFN5O4/c1-16-4-3-5-24(33-16)25(15-37)34-28(38)17(2)36-14-21-20(29(36)39)11-19(12-23(21)31)27-22(30)13-32-26(35-27)10-18-6-8-40-9-7-18/h3-5,11-13,17-18,25,37H,6-10,14-15H2,1-2H3,(H,34,38)/t17-,25-/m1/s1. The van der Waals surface area contributed by atoms with Gasteiger partial charge in [-0.15, -0.1) is 0 Å². The Morgan fingerprint density at radius 3 is 2.77 bits per heavy atom. The van der Waals surface area contributed by atoms with E-state index in [1.165, 1.54) is 17.2 Å². The van der Waals surface area contributed by atoms with E-state index in [1.807, 2.05) is 13.0 Å². The van der Waals surface area contributed by atoms with Gasteiger partial charge in [-0.25, -0.2) is 14.4 Å². The topological polar surface area (TPSA) is 118 Å². The van der Waals surface area contributed by atoms with Gasteiger partial charge >= 0.3 is 0 Å². The van der Waals surface area contributed by atoms with Crippen LogP contribution in [0.1, 0.15) is 58.9 Å². The molecule has 0 spiro atoms. The third-order valence-corrected chi connectivity index (χ3v) is 7.78. The Kier molecular flexibility index (Phi) is 8.39. The molecule has 9 nitrogen and oxygen atoms in total. The van der Waals surface area contributed by atoms with Crippen LogP contribution >= 0.6 is 11.6 Å². The Hall–Kier alpha value is -3.47. The monoisotopic (exact) mass is 567 g/mol. The smallest absolute Gasteiger partial charge is 0.255 e. The minimum Gasteiger partial charge on any atom is -0.394 e. The highest BCUT2D eigenvalue weighted by atomic mass is 35.5. The molecule has 0 radical (unpaired) electrons. The largest absolute Gasteiger partial charge is 0.394 e. The number of carbonyl (C=O) groups is 2. The Morgan fingerprint density at radius 1 is 1.27 bits per heavy atom. The maximum absolute atomic E-state index is 15.4. The number of rotatable bonds is 8. The molecule has 5 rings (SSSR count). The number of aliphatic hydroxyl groups excluding tert-OH is 1. The number of pyridine rings is 1. The SMILES string of the molecule is Cc1cccc([C@@H](CO)NC(=O)[C@@H](C)N2Cc3c(F)cc(-c4nc(CC5CCOCC5)ncc4Cl)cc3C2=O)n1. The molecule has 0 saturated carbocycles. The number of fused-ring (bicyclic) bond motifs is 1. The summed E-state index contributed by atoms with van der Waals surface area (Å²) >= 11 is 6.42. The van der Waals surface area contributed by atoms with Crippen molar-refractivity contribution in [2.45, 2.75) is 51.7 Å². The average molecular weight is 568 g/mol. The van der Waals surface area contributed by atoms with E-state index in [-0.39, 0.29) is 29.3 Å². The van der Waals surface area contributed by atoms with Crippen LogP contribution in [0.3, 0.4) is 0 Å². The fraction of sp³-hybridized carbons (Fsp3) is 0.414. The molecule has 2 atom stereocenters. The van der Waals surface area contributed by atoms with Crippen LogP contribution in [0.4, 0.5) is 4.39 Å². The number of benzene rings is 1. The fourth-order valence-corrected chi connectivity index (χ4v) is 5.35. The van der Waals surface area contributed by atoms with Crippen LogP contribution in [0.25, 0.3) is 11.3 Å². The molecule has 1 aromatic carbocycles. The van der Waals surface area contributed by atoms with Crippen LogP contribution in [0.15, 0.2) is 36.5 Å². The number of hydrogen-bond donors (Lipinski definition) is 2. The van der Waals surface area contributed by atoms with E-state index in [2.05, 4.69) is 20.3 Å². The maximum Gasteiger partial charge on any atom is 0.255 e. The van der Waals surface area contributed by atoms with Crippen molar-refractivity contribution in [2.24, 2.45) is 5.92 Å². The molecule has 1 fully saturated rings. The number of nitrogens with zero attached hydrogens (tertiary/aromatic N) is 4. The molecule has 2 aliphatic rings. The van der Waals surface area contributed by atoms with E-state index in [0.29, 0.717) is 48.3 Å². The molecule has 2 amide bonds. The molecule has 1 saturated heterocycles. The first-order valence-corrected chi connectivity index (χ1v) is 13.7. The van der Waals surface area contributed by atoms with Crippen LogP contribution < -0.4 is 5.32 Å². The highest BCUT2D eigenvalue weighted by Gasteiger charge is 2.37. The van der Waals surface area contributed by atoms with E-state index in [0.717, 1.165) is 18.5 Å². The van der Waals surface area contributed by atoms with Gasteiger partial charge in [0.2, 0.25) is 5.91 Å². The van der Waals surface area contributed by atoms with Crippen molar-refractivity contribution in [2.75, 3.05) is 19.8 Å². The minimum absolute atomic E-state index is 0.0616. The van der Waals surface area contributed by atoms with E-state index in [1.54, 1.807) is 25.1 Å². The molecule has 0 bridgehead atoms. The summed E-state index contributed by atoms with van der Waals surface area (Å²) < 4.78 is 20.8. The Bertz CT molecular complexity index is 1430. The number of ether oxygens (including phenoxy) is 1. The predicted octanol–water partition coefficient (Wildman–Crippen LogP) is 3.80. The van der Waals surface area contributed by atoms with Gasteiger partial charge in [0.15, 0.2) is 0 Å². The molecule has 2 aromatic heterocycles. The molecule has 0 aliphatic carbocycles. The summed E-state index contributed by atoms with van der Waals surface area (Å²) in [6.45, 7) is 4.37. The Morgan fingerprint density at radius 2 is 2.05 bits per heavy atom. The number of carbonyl (C=O) groups excluding carboxylic acids is 2. The lowest BCUT2D eigenvalue weighted by Gasteiger charge is -2.25. The van der Waals surface area contributed by atoms with E-state index >= 15 is 4.39 Å². The molecule has 2 aliphatic heterocycles. The molecule has 4 heterocycles. The highest BCUT2D eigenvalue weighted by molar-refractivity contribution is 6.32. The van der Waals surface area contributed by atoms with Gasteiger partial charge in [0.1, 0.15) is 17.7 Å². The van der Waals surface area contributed by atoms with E-state index in [4.69, 9.17) is 16.3 Å². The van der Waals surface area contributed by atoms with Gasteiger partial charge in [0, 0.05) is 48.2 Å². The van der Waals surface area contributed by atoms with Crippen molar-refractivity contribution in [1.82, 2.24) is 25.2 Å². The van der Waals surface area contributed by atoms with Gasteiger partial charge in [0.25, 0.3) is 5.91 Å². The number of hydrogen-bond acceptors (Lipinski definition) is 7. The third kappa shape index (κ3) is 5.84. The van der Waals surface area contributed by atoms with Crippen LogP contribution in [0, 0.1) is 18.7 Å². The summed E-state index contributed by atoms with van der Waals surface area (Å²) in [6.07, 6.45) is 4.01. The molecular weight excluding hydrogens is 537 g/mol. The normalized spacial score (nSPS) is 17.0. The summed E-state index contributed by atoms with van der Waals surface area (Å²) in [5, 5.41) is 12.9. The Balaban J connectivity index is 1.35. The van der Waals surface area contributed by atoms with Crippen LogP contribution in [-0.4, -0.2) is 62.6 Å². The fourth-order valence-electron chi connectivity index (χ4n) is 5.15. The first-order chi connectivity index (χ1) is 19.2. The lowest BCUT2D eigenvalue weighted by Crippen LogP contribution is -2.47. The zero-order valence-corrected chi connectivity index (χ0v) is 23.1. The minimum atomic E-state index is -0.921. The summed E-state index contributed by atoms with van der Waals surface area (Å²) in [5.74, 6) is -0.531. The maximum atomic E-state index is 15.4. The summed E-state index contributed by atoms with van der Waals surface area (Å²) in [7, 11) is 0. The molecule has 40 heavy (non-hydrogen) atoms. The number of nitrogens with one attached hydrogen (secondary N) is 1. The van der Waals surface area contributed by atoms with Gasteiger partial charge in [-0.1, -0.05) is 17.7 Å². The zero-order chi connectivity index (χ0) is 28.4. The van der Waals surface area contributed by atoms with Crippen LogP contribution in [0.5, 0.6) is 0 Å². The van der Waals surface area contributed by atoms with Crippen molar-refractivity contribution < 1.29 is 23.8 Å². The van der Waals surface area contributed by atoms with Crippen molar-refractivity contribution in [3.8, 4) is 11.3 Å². The highest BCUT2D eigenvalue weighted by Crippen LogP contribution is 2.34. The van der Waals surface area contributed by atoms with Crippen LogP contribution in [-0.2, 0) is 22.5 Å². The summed E-state index contributed by atoms with van der Waals surface area (Å²) in [5.41, 5.74) is 2.35. The third-order valence-electron chi connectivity index (χ3n) is 7.51. The second kappa shape index (κ2) is 12.0. The Labute approximate surface area is 236 Å². The van der Waals surface area contributed by atoms with Crippen LogP contribution in [0.2, 0.25) is 5.02 Å². The number of aliphatic hydroxyl groups is 1. The van der Waals surface area contributed by atoms with E-state index < -0.39 is 29.7 Å². The first-order valence-electron chi connectivity index (χ1n) is 13.3. The summed E-state index contributed by atoms with van der Waals surface area (Å²) in [6, 6.07) is 6.54. The number of halogens is 2. The van der Waals surface area contributed by atoms with Gasteiger partial charge in [-0.05, 0) is 56.9 Å². The molecule has 11 heteroatoms. The number of aromatic nitrogens is 3. The number of amides is 2. The van der Waals surface area contributed by atoms with Gasteiger partial charge in [-0.3, -0.25) is 14.6 Å². The molecule has 3 aromatic rings. The van der Waals surface area contributed by atoms with Crippen molar-refractivity contribution in [1.29, 1.82) is 0 Å². The molecule has 210 valence electrons. The lowest BCUT2D eigenvalue weighted by atomic mass is 9.96. The first kappa shape index (κ1) is 28.1. The zero-order valence-electron chi connectivity index (χ0n) is 22.4. The van der Waals surface area contributed by atoms with Gasteiger partial charge in [-0.2, -0.15) is 0 Å². The second-order valence-electron chi connectivity index (χ2n) is 10.3. The average Bonchev–Trinajstić information content (AvgIpc) is 3.29.